The molecule has 4 amide bonds. The molecule has 6 unspecified atom stereocenters. The van der Waals surface area contributed by atoms with Gasteiger partial charge in [0, 0.05) is 17.5 Å². The van der Waals surface area contributed by atoms with Crippen molar-refractivity contribution >= 4 is 58.2 Å². The minimum absolute atomic E-state index is 0.0208. The number of hydrogen-bond acceptors (Lipinski definition) is 6. The number of alkyl halides is 2. The van der Waals surface area contributed by atoms with E-state index in [-0.39, 0.29) is 39.6 Å². The summed E-state index contributed by atoms with van der Waals surface area (Å²) in [5.74, 6) is -21.7. The Kier molecular flexibility index (Phi) is 7.19. The highest BCUT2D eigenvalue weighted by atomic mass is 35.5. The topological polar surface area (TPSA) is 104 Å². The van der Waals surface area contributed by atoms with E-state index in [2.05, 4.69) is 0 Å². The molecule has 0 spiro atoms. The molecule has 48 heavy (non-hydrogen) atoms. The molecule has 0 aromatic heterocycles. The summed E-state index contributed by atoms with van der Waals surface area (Å²) >= 11 is 14.2. The van der Waals surface area contributed by atoms with Gasteiger partial charge in [-0.2, -0.15) is 0 Å². The molecule has 8 nitrogen and oxygen atoms in total. The smallest absolute Gasteiger partial charge is 0.258 e. The van der Waals surface area contributed by atoms with Crippen LogP contribution in [-0.4, -0.2) is 45.6 Å². The maximum atomic E-state index is 15.2. The van der Waals surface area contributed by atoms with Crippen molar-refractivity contribution in [1.82, 2.24) is 0 Å². The SMILES string of the molecule is COc1cc(O)ccc1C1C2=CCC3C(=O)N(c4ccccc4)C(=O)C3C2CC2(Cl)C(=O)N(c3c(F)c(F)c(F)c(F)c3F)C(=O)C12Cl. The van der Waals surface area contributed by atoms with Crippen molar-refractivity contribution in [2.24, 2.45) is 17.8 Å². The normalized spacial score (nSPS) is 29.5. The van der Waals surface area contributed by atoms with Crippen LogP contribution in [0.25, 0.3) is 0 Å². The number of allylic oxidation sites excluding steroid dienone is 2. The van der Waals surface area contributed by atoms with Gasteiger partial charge in [0.2, 0.25) is 17.6 Å². The van der Waals surface area contributed by atoms with Gasteiger partial charge in [-0.15, -0.1) is 23.2 Å². The maximum absolute atomic E-state index is 15.2. The Morgan fingerprint density at radius 3 is 2.06 bits per heavy atom. The van der Waals surface area contributed by atoms with Gasteiger partial charge in [-0.1, -0.05) is 35.9 Å². The average molecular weight is 707 g/mol. The van der Waals surface area contributed by atoms with E-state index in [1.165, 1.54) is 19.2 Å². The lowest BCUT2D eigenvalue weighted by molar-refractivity contribution is -0.125. The molecule has 248 valence electrons. The Morgan fingerprint density at radius 2 is 1.44 bits per heavy atom. The number of amides is 4. The third-order valence-corrected chi connectivity index (χ3v) is 11.2. The van der Waals surface area contributed by atoms with E-state index < -0.39 is 98.2 Å². The Morgan fingerprint density at radius 1 is 0.812 bits per heavy atom. The predicted octanol–water partition coefficient (Wildman–Crippen LogP) is 5.86. The van der Waals surface area contributed by atoms with Gasteiger partial charge in [0.05, 0.1) is 24.6 Å². The Labute approximate surface area is 278 Å². The first-order chi connectivity index (χ1) is 22.7. The van der Waals surface area contributed by atoms with Crippen LogP contribution in [-0.2, 0) is 19.2 Å². The number of nitrogens with zero attached hydrogens (tertiary/aromatic N) is 2. The number of phenolic OH excluding ortho intramolecular Hbond substituents is 1. The van der Waals surface area contributed by atoms with E-state index >= 15 is 8.78 Å². The summed E-state index contributed by atoms with van der Waals surface area (Å²) in [7, 11) is 1.22. The fourth-order valence-corrected chi connectivity index (χ4v) is 8.61. The van der Waals surface area contributed by atoms with E-state index in [4.69, 9.17) is 27.9 Å². The lowest BCUT2D eigenvalue weighted by Gasteiger charge is -2.50. The van der Waals surface area contributed by atoms with Crippen LogP contribution >= 0.6 is 23.2 Å². The van der Waals surface area contributed by atoms with Gasteiger partial charge in [-0.25, -0.2) is 26.9 Å². The molecular formula is C33H21Cl2F5N2O6. The van der Waals surface area contributed by atoms with E-state index in [0.29, 0.717) is 0 Å². The molecule has 3 aromatic rings. The zero-order chi connectivity index (χ0) is 34.6. The maximum Gasteiger partial charge on any atom is 0.258 e. The Bertz CT molecular complexity index is 1980. The predicted molar refractivity (Wildman–Crippen MR) is 160 cm³/mol. The van der Waals surface area contributed by atoms with Crippen LogP contribution in [0.4, 0.5) is 33.3 Å². The van der Waals surface area contributed by atoms with Crippen LogP contribution in [0.3, 0.4) is 0 Å². The highest BCUT2D eigenvalue weighted by molar-refractivity contribution is 6.58. The van der Waals surface area contributed by atoms with Crippen LogP contribution in [0.1, 0.15) is 24.3 Å². The van der Waals surface area contributed by atoms with Crippen molar-refractivity contribution in [1.29, 1.82) is 0 Å². The number of carbonyl (C=O) groups is 4. The molecule has 2 heterocycles. The molecule has 15 heteroatoms. The number of rotatable bonds is 4. The molecule has 3 fully saturated rings. The third kappa shape index (κ3) is 3.94. The number of para-hydroxylation sites is 1. The number of ether oxygens (including phenoxy) is 1. The van der Waals surface area contributed by atoms with Crippen molar-refractivity contribution in [3.8, 4) is 11.5 Å². The molecule has 2 saturated heterocycles. The van der Waals surface area contributed by atoms with Crippen molar-refractivity contribution in [2.75, 3.05) is 16.9 Å². The van der Waals surface area contributed by atoms with Gasteiger partial charge in [0.1, 0.15) is 17.2 Å². The lowest BCUT2D eigenvalue weighted by Crippen LogP contribution is -2.60. The quantitative estimate of drug-likeness (QED) is 0.0910. The molecule has 0 radical (unpaired) electrons. The molecular weight excluding hydrogens is 686 g/mol. The van der Waals surface area contributed by atoms with Crippen LogP contribution in [0.15, 0.2) is 60.2 Å². The average Bonchev–Trinajstić information content (AvgIpc) is 3.41. The Hall–Kier alpha value is -4.49. The van der Waals surface area contributed by atoms with Crippen molar-refractivity contribution < 1.29 is 51.0 Å². The van der Waals surface area contributed by atoms with E-state index in [9.17, 15) is 37.5 Å². The summed E-state index contributed by atoms with van der Waals surface area (Å²) in [6.07, 6.45) is 0.912. The van der Waals surface area contributed by atoms with Crippen LogP contribution in [0, 0.1) is 46.8 Å². The van der Waals surface area contributed by atoms with E-state index in [1.807, 2.05) is 0 Å². The number of hydrogen-bond donors (Lipinski definition) is 1. The molecule has 1 saturated carbocycles. The van der Waals surface area contributed by atoms with Crippen LogP contribution in [0.2, 0.25) is 0 Å². The first kappa shape index (κ1) is 32.1. The number of anilines is 2. The van der Waals surface area contributed by atoms with Crippen LogP contribution in [0.5, 0.6) is 11.5 Å². The van der Waals surface area contributed by atoms with Crippen molar-refractivity contribution in [2.45, 2.75) is 28.5 Å². The van der Waals surface area contributed by atoms with E-state index in [0.717, 1.165) is 11.0 Å². The van der Waals surface area contributed by atoms with Gasteiger partial charge in [0.15, 0.2) is 33.0 Å². The second-order valence-electron chi connectivity index (χ2n) is 12.0. The molecule has 3 aromatic carbocycles. The standard InChI is InChI=1S/C33H21Cl2F5N2O6/c1-48-19-11-14(43)7-8-16(19)21-15-9-10-17-20(29(45)41(28(17)44)13-5-3-2-4-6-13)18(15)12-32(34)30(46)42(31(47)33(21,32)35)27-25(39)23(37)22(36)24(38)26(27)40/h2-9,11,17-18,20-21,43H,10,12H2,1H3. The minimum atomic E-state index is -2.71. The molecule has 1 N–H and O–H groups in total. The van der Waals surface area contributed by atoms with Gasteiger partial charge < -0.3 is 9.84 Å². The number of fused-ring (bicyclic) bond motifs is 4. The van der Waals surface area contributed by atoms with Crippen LogP contribution < -0.4 is 14.5 Å². The molecule has 2 aliphatic heterocycles. The summed E-state index contributed by atoms with van der Waals surface area (Å²) in [5.41, 5.74) is -1.29. The number of carbonyl (C=O) groups excluding carboxylic acids is 4. The number of aromatic hydroxyl groups is 1. The van der Waals surface area contributed by atoms with E-state index in [1.54, 1.807) is 36.4 Å². The number of halogens is 7. The monoisotopic (exact) mass is 706 g/mol. The summed E-state index contributed by atoms with van der Waals surface area (Å²) in [6.45, 7) is 0. The number of phenols is 1. The lowest BCUT2D eigenvalue weighted by atomic mass is 9.56. The zero-order valence-electron chi connectivity index (χ0n) is 24.4. The number of methoxy groups -OCH3 is 1. The molecule has 0 bridgehead atoms. The minimum Gasteiger partial charge on any atom is -0.508 e. The largest absolute Gasteiger partial charge is 0.508 e. The first-order valence-electron chi connectivity index (χ1n) is 14.5. The molecule has 6 atom stereocenters. The molecule has 2 aliphatic carbocycles. The highest BCUT2D eigenvalue weighted by Gasteiger charge is 2.77. The highest BCUT2D eigenvalue weighted by Crippen LogP contribution is 2.67. The Balaban J connectivity index is 1.46. The molecule has 7 rings (SSSR count). The molecule has 4 aliphatic rings. The first-order valence-corrected chi connectivity index (χ1v) is 15.2. The number of imide groups is 2. The van der Waals surface area contributed by atoms with Crippen molar-refractivity contribution in [3.63, 3.8) is 0 Å². The fraction of sp³-hybridized carbons (Fsp3) is 0.273. The van der Waals surface area contributed by atoms with Gasteiger partial charge in [-0.3, -0.25) is 24.1 Å². The zero-order valence-corrected chi connectivity index (χ0v) is 26.0. The van der Waals surface area contributed by atoms with Gasteiger partial charge in [0.25, 0.3) is 11.8 Å². The summed E-state index contributed by atoms with van der Waals surface area (Å²) in [4.78, 5) is 51.7. The fourth-order valence-electron chi connectivity index (χ4n) is 7.68. The second-order valence-corrected chi connectivity index (χ2v) is 13.2. The summed E-state index contributed by atoms with van der Waals surface area (Å²) in [6, 6.07) is 11.7. The van der Waals surface area contributed by atoms with Crippen molar-refractivity contribution in [3.05, 3.63) is 94.8 Å². The number of benzene rings is 3. The third-order valence-electron chi connectivity index (χ3n) is 9.76. The summed E-state index contributed by atoms with van der Waals surface area (Å²) < 4.78 is 78.6. The second kappa shape index (κ2) is 10.8. The van der Waals surface area contributed by atoms with Gasteiger partial charge >= 0.3 is 0 Å². The summed E-state index contributed by atoms with van der Waals surface area (Å²) in [5, 5.41) is 10.2. The van der Waals surface area contributed by atoms with Gasteiger partial charge in [-0.05, 0) is 37.0 Å².